The van der Waals surface area contributed by atoms with Crippen molar-refractivity contribution in [3.63, 3.8) is 0 Å². The Morgan fingerprint density at radius 3 is 2.64 bits per heavy atom. The lowest BCUT2D eigenvalue weighted by molar-refractivity contribution is 0.550. The zero-order valence-corrected chi connectivity index (χ0v) is 7.40. The lowest BCUT2D eigenvalue weighted by atomic mass is 10.1. The number of nitrogens with zero attached hydrogens (tertiary/aromatic N) is 1. The molecular formula is C8H10N2S. The van der Waals surface area contributed by atoms with Crippen LogP contribution in [0, 0.1) is 12.3 Å². The third-order valence-electron chi connectivity index (χ3n) is 1.20. The predicted molar refractivity (Wildman–Crippen MR) is 47.3 cm³/mol. The highest BCUT2D eigenvalue weighted by molar-refractivity contribution is 7.09. The maximum absolute atomic E-state index is 5.80. The first kappa shape index (κ1) is 8.25. The molecule has 2 nitrogen and oxygen atoms in total. The average molecular weight is 166 g/mol. The minimum atomic E-state index is -0.375. The summed E-state index contributed by atoms with van der Waals surface area (Å²) in [6.45, 7) is 3.82. The summed E-state index contributed by atoms with van der Waals surface area (Å²) in [5.41, 5.74) is 6.10. The number of nitrogens with two attached hydrogens (primary N) is 1. The predicted octanol–water partition coefficient (Wildman–Crippen LogP) is 1.32. The minimum absolute atomic E-state index is 0.375. The molecule has 0 saturated heterocycles. The minimum Gasteiger partial charge on any atom is -0.320 e. The van der Waals surface area contributed by atoms with Gasteiger partial charge in [-0.05, 0) is 19.8 Å². The summed E-state index contributed by atoms with van der Waals surface area (Å²) in [5, 5.41) is 2.72. The van der Waals surface area contributed by atoms with Crippen molar-refractivity contribution in [2.45, 2.75) is 19.4 Å². The van der Waals surface area contributed by atoms with Crippen LogP contribution in [0.25, 0.3) is 0 Å². The number of hydrogen-bond donors (Lipinski definition) is 1. The van der Waals surface area contributed by atoms with Crippen molar-refractivity contribution in [2.75, 3.05) is 0 Å². The molecule has 2 N–H and O–H groups in total. The van der Waals surface area contributed by atoms with Gasteiger partial charge in [0, 0.05) is 5.38 Å². The van der Waals surface area contributed by atoms with E-state index in [2.05, 4.69) is 10.9 Å². The van der Waals surface area contributed by atoms with Gasteiger partial charge in [0.1, 0.15) is 10.7 Å². The van der Waals surface area contributed by atoms with E-state index in [1.807, 2.05) is 19.2 Å². The third-order valence-corrected chi connectivity index (χ3v) is 2.39. The van der Waals surface area contributed by atoms with E-state index in [-0.39, 0.29) is 5.54 Å². The van der Waals surface area contributed by atoms with Crippen molar-refractivity contribution in [1.82, 2.24) is 4.98 Å². The van der Waals surface area contributed by atoms with Crippen LogP contribution in [0.3, 0.4) is 0 Å². The number of aromatic nitrogens is 1. The van der Waals surface area contributed by atoms with E-state index in [0.29, 0.717) is 5.69 Å². The lowest BCUT2D eigenvalue weighted by Gasteiger charge is -2.13. The fourth-order valence-corrected chi connectivity index (χ4v) is 1.43. The maximum Gasteiger partial charge on any atom is 0.124 e. The molecule has 1 heterocycles. The van der Waals surface area contributed by atoms with Gasteiger partial charge in [-0.1, -0.05) is 0 Å². The fourth-order valence-electron chi connectivity index (χ4n) is 0.636. The van der Waals surface area contributed by atoms with Crippen molar-refractivity contribution < 1.29 is 0 Å². The summed E-state index contributed by atoms with van der Waals surface area (Å²) in [4.78, 5) is 4.16. The number of terminal acetylenes is 1. The molecule has 0 fully saturated rings. The Morgan fingerprint density at radius 1 is 1.73 bits per heavy atom. The Labute approximate surface area is 70.5 Å². The summed E-state index contributed by atoms with van der Waals surface area (Å²) < 4.78 is 0. The smallest absolute Gasteiger partial charge is 0.124 e. The van der Waals surface area contributed by atoms with Gasteiger partial charge in [0.2, 0.25) is 0 Å². The summed E-state index contributed by atoms with van der Waals surface area (Å²) >= 11 is 1.50. The molecule has 0 bridgehead atoms. The van der Waals surface area contributed by atoms with Gasteiger partial charge in [-0.15, -0.1) is 17.8 Å². The van der Waals surface area contributed by atoms with E-state index < -0.39 is 0 Å². The highest BCUT2D eigenvalue weighted by atomic mass is 32.1. The molecule has 0 unspecified atom stereocenters. The van der Waals surface area contributed by atoms with Crippen molar-refractivity contribution in [3.8, 4) is 12.3 Å². The van der Waals surface area contributed by atoms with E-state index in [1.54, 1.807) is 0 Å². The fraction of sp³-hybridized carbons (Fsp3) is 0.375. The number of hydrogen-bond acceptors (Lipinski definition) is 3. The van der Waals surface area contributed by atoms with Crippen LogP contribution in [0.15, 0.2) is 5.38 Å². The topological polar surface area (TPSA) is 38.9 Å². The first-order valence-electron chi connectivity index (χ1n) is 3.25. The molecular weight excluding hydrogens is 156 g/mol. The van der Waals surface area contributed by atoms with Crippen LogP contribution in [0.5, 0.6) is 0 Å². The Morgan fingerprint density at radius 2 is 2.36 bits per heavy atom. The van der Waals surface area contributed by atoms with E-state index in [1.165, 1.54) is 11.3 Å². The molecule has 0 amide bonds. The van der Waals surface area contributed by atoms with Crippen LogP contribution in [0.4, 0.5) is 0 Å². The molecule has 1 aromatic rings. The van der Waals surface area contributed by atoms with Gasteiger partial charge < -0.3 is 5.73 Å². The van der Waals surface area contributed by atoms with Crippen LogP contribution in [-0.4, -0.2) is 4.98 Å². The molecule has 0 aliphatic heterocycles. The quantitative estimate of drug-likeness (QED) is 0.639. The molecule has 11 heavy (non-hydrogen) atoms. The molecule has 1 rings (SSSR count). The highest BCUT2D eigenvalue weighted by Gasteiger charge is 2.17. The van der Waals surface area contributed by atoms with Crippen LogP contribution >= 0.6 is 11.3 Å². The molecule has 0 atom stereocenters. The zero-order valence-electron chi connectivity index (χ0n) is 6.59. The molecule has 1 aromatic heterocycles. The Hall–Kier alpha value is -0.850. The van der Waals surface area contributed by atoms with Gasteiger partial charge >= 0.3 is 0 Å². The number of rotatable bonds is 1. The first-order chi connectivity index (χ1) is 5.04. The van der Waals surface area contributed by atoms with Crippen molar-refractivity contribution >= 4 is 11.3 Å². The molecule has 0 aliphatic rings. The van der Waals surface area contributed by atoms with E-state index in [9.17, 15) is 0 Å². The van der Waals surface area contributed by atoms with E-state index >= 15 is 0 Å². The molecule has 3 heteroatoms. The Balaban J connectivity index is 3.01. The lowest BCUT2D eigenvalue weighted by Crippen LogP contribution is -2.28. The average Bonchev–Trinajstić information content (AvgIpc) is 2.32. The number of thiazole rings is 1. The molecule has 58 valence electrons. The van der Waals surface area contributed by atoms with Crippen molar-refractivity contribution in [1.29, 1.82) is 0 Å². The Kier molecular flexibility index (Phi) is 1.99. The van der Waals surface area contributed by atoms with Gasteiger partial charge in [-0.2, -0.15) is 0 Å². The van der Waals surface area contributed by atoms with Crippen LogP contribution in [0.2, 0.25) is 0 Å². The second kappa shape index (κ2) is 2.65. The molecule has 0 radical (unpaired) electrons. The summed E-state index contributed by atoms with van der Waals surface area (Å²) in [7, 11) is 0. The third kappa shape index (κ3) is 1.79. The largest absolute Gasteiger partial charge is 0.320 e. The molecule has 0 spiro atoms. The van der Waals surface area contributed by atoms with Gasteiger partial charge in [0.15, 0.2) is 0 Å². The summed E-state index contributed by atoms with van der Waals surface area (Å²) in [6, 6.07) is 0. The Bertz CT molecular complexity index is 288. The van der Waals surface area contributed by atoms with Gasteiger partial charge in [0.05, 0.1) is 5.54 Å². The van der Waals surface area contributed by atoms with E-state index in [4.69, 9.17) is 12.2 Å². The van der Waals surface area contributed by atoms with Crippen molar-refractivity contribution in [2.24, 2.45) is 5.73 Å². The summed E-state index contributed by atoms with van der Waals surface area (Å²) in [5.74, 6) is 2.46. The summed E-state index contributed by atoms with van der Waals surface area (Å²) in [6.07, 6.45) is 5.16. The standard InChI is InChI=1S/C8H10N2S/c1-4-6-5-11-7(10-6)8(2,3)9/h1,5H,9H2,2-3H3. The second-order valence-electron chi connectivity index (χ2n) is 2.90. The molecule has 0 saturated carbocycles. The monoisotopic (exact) mass is 166 g/mol. The van der Waals surface area contributed by atoms with Crippen LogP contribution in [0.1, 0.15) is 24.5 Å². The van der Waals surface area contributed by atoms with Gasteiger partial charge in [-0.25, -0.2) is 4.98 Å². The molecule has 0 aliphatic carbocycles. The van der Waals surface area contributed by atoms with Crippen molar-refractivity contribution in [3.05, 3.63) is 16.1 Å². The molecule has 0 aromatic carbocycles. The normalized spacial score (nSPS) is 11.1. The maximum atomic E-state index is 5.80. The van der Waals surface area contributed by atoms with Gasteiger partial charge in [-0.3, -0.25) is 0 Å². The first-order valence-corrected chi connectivity index (χ1v) is 4.13. The second-order valence-corrected chi connectivity index (χ2v) is 3.76. The van der Waals surface area contributed by atoms with Crippen LogP contribution in [-0.2, 0) is 5.54 Å². The highest BCUT2D eigenvalue weighted by Crippen LogP contribution is 2.20. The zero-order chi connectivity index (χ0) is 8.48. The van der Waals surface area contributed by atoms with E-state index in [0.717, 1.165) is 5.01 Å². The SMILES string of the molecule is C#Cc1csc(C(C)(C)N)n1. The van der Waals surface area contributed by atoms with Crippen LogP contribution < -0.4 is 5.73 Å². The van der Waals surface area contributed by atoms with Gasteiger partial charge in [0.25, 0.3) is 0 Å².